The summed E-state index contributed by atoms with van der Waals surface area (Å²) in [5.74, 6) is -0.853. The minimum Gasteiger partial charge on any atom is -0.497 e. The van der Waals surface area contributed by atoms with Crippen LogP contribution in [-0.2, 0) is 16.0 Å². The quantitative estimate of drug-likeness (QED) is 0.808. The molecule has 0 aliphatic carbocycles. The number of rotatable bonds is 5. The van der Waals surface area contributed by atoms with Gasteiger partial charge in [-0.05, 0) is 48.2 Å². The number of nitrogens with one attached hydrogen (secondary N) is 1. The molecule has 0 aromatic heterocycles. The number of aryl methyl sites for hydroxylation is 2. The van der Waals surface area contributed by atoms with E-state index < -0.39 is 11.9 Å². The third kappa shape index (κ3) is 3.85. The number of amides is 1. The summed E-state index contributed by atoms with van der Waals surface area (Å²) in [6.45, 7) is 5.13. The number of benzene rings is 1. The Labute approximate surface area is 118 Å². The van der Waals surface area contributed by atoms with Crippen LogP contribution in [0.1, 0.15) is 30.5 Å². The lowest BCUT2D eigenvalue weighted by atomic mass is 9.98. The third-order valence-corrected chi connectivity index (χ3v) is 2.89. The molecule has 0 aliphatic heterocycles. The predicted octanol–water partition coefficient (Wildman–Crippen LogP) is 2.13. The zero-order chi connectivity index (χ0) is 15.3. The number of hydrogen-bond acceptors (Lipinski definition) is 3. The Bertz CT molecular complexity index is 561. The van der Waals surface area contributed by atoms with Crippen molar-refractivity contribution < 1.29 is 19.4 Å². The van der Waals surface area contributed by atoms with Gasteiger partial charge in [0.25, 0.3) is 0 Å². The predicted molar refractivity (Wildman–Crippen MR) is 76.5 cm³/mol. The van der Waals surface area contributed by atoms with Crippen LogP contribution in [0, 0.1) is 6.92 Å². The molecule has 0 unspecified atom stereocenters. The van der Waals surface area contributed by atoms with Gasteiger partial charge in [-0.3, -0.25) is 4.79 Å². The summed E-state index contributed by atoms with van der Waals surface area (Å²) in [6, 6.07) is 3.70. The molecule has 108 valence electrons. The van der Waals surface area contributed by atoms with E-state index in [1.807, 2.05) is 26.0 Å². The van der Waals surface area contributed by atoms with Gasteiger partial charge in [-0.2, -0.15) is 0 Å². The lowest BCUT2D eigenvalue weighted by Gasteiger charge is -2.12. The maximum absolute atomic E-state index is 11.2. The first-order valence-corrected chi connectivity index (χ1v) is 6.29. The highest BCUT2D eigenvalue weighted by molar-refractivity contribution is 5.96. The summed E-state index contributed by atoms with van der Waals surface area (Å²) in [4.78, 5) is 22.2. The van der Waals surface area contributed by atoms with Gasteiger partial charge >= 0.3 is 5.97 Å². The fraction of sp³-hybridized carbons (Fsp3) is 0.333. The molecule has 20 heavy (non-hydrogen) atoms. The van der Waals surface area contributed by atoms with E-state index in [0.717, 1.165) is 28.9 Å². The molecule has 0 saturated carbocycles. The van der Waals surface area contributed by atoms with Crippen molar-refractivity contribution in [1.29, 1.82) is 0 Å². The average Bonchev–Trinajstić information content (AvgIpc) is 2.38. The largest absolute Gasteiger partial charge is 0.497 e. The van der Waals surface area contributed by atoms with Gasteiger partial charge in [-0.15, -0.1) is 0 Å². The van der Waals surface area contributed by atoms with Gasteiger partial charge < -0.3 is 15.2 Å². The van der Waals surface area contributed by atoms with Crippen LogP contribution in [0.2, 0.25) is 0 Å². The zero-order valence-electron chi connectivity index (χ0n) is 12.1. The minimum atomic E-state index is -1.17. The summed E-state index contributed by atoms with van der Waals surface area (Å²) < 4.78 is 5.20. The number of carboxylic acid groups (broad SMARTS) is 1. The van der Waals surface area contributed by atoms with Gasteiger partial charge in [0.15, 0.2) is 0 Å². The first-order chi connectivity index (χ1) is 9.38. The van der Waals surface area contributed by atoms with Crippen LogP contribution >= 0.6 is 0 Å². The van der Waals surface area contributed by atoms with E-state index >= 15 is 0 Å². The molecule has 0 heterocycles. The molecule has 0 atom stereocenters. The lowest BCUT2D eigenvalue weighted by molar-refractivity contribution is -0.134. The molecular formula is C15H19NO4. The van der Waals surface area contributed by atoms with Crippen molar-refractivity contribution in [2.24, 2.45) is 0 Å². The average molecular weight is 277 g/mol. The molecule has 0 fully saturated rings. The highest BCUT2D eigenvalue weighted by Crippen LogP contribution is 2.24. The number of ether oxygens (including phenoxy) is 1. The van der Waals surface area contributed by atoms with E-state index in [1.54, 1.807) is 7.11 Å². The van der Waals surface area contributed by atoms with Crippen molar-refractivity contribution in [3.63, 3.8) is 0 Å². The Kier molecular flexibility index (Phi) is 5.32. The molecule has 2 N–H and O–H groups in total. The summed E-state index contributed by atoms with van der Waals surface area (Å²) in [6.07, 6.45) is 2.22. The van der Waals surface area contributed by atoms with Crippen LogP contribution < -0.4 is 10.1 Å². The molecule has 5 heteroatoms. The minimum absolute atomic E-state index is 0.138. The van der Waals surface area contributed by atoms with E-state index in [1.165, 1.54) is 13.0 Å². The molecule has 1 aromatic carbocycles. The summed E-state index contributed by atoms with van der Waals surface area (Å²) >= 11 is 0. The summed E-state index contributed by atoms with van der Waals surface area (Å²) in [5, 5.41) is 11.5. The smallest absolute Gasteiger partial charge is 0.352 e. The highest BCUT2D eigenvalue weighted by Gasteiger charge is 2.12. The van der Waals surface area contributed by atoms with Crippen LogP contribution in [0.25, 0.3) is 6.08 Å². The van der Waals surface area contributed by atoms with E-state index in [2.05, 4.69) is 5.32 Å². The monoisotopic (exact) mass is 277 g/mol. The molecule has 0 aliphatic rings. The molecule has 0 radical (unpaired) electrons. The number of aliphatic carboxylic acids is 1. The fourth-order valence-electron chi connectivity index (χ4n) is 1.94. The summed E-state index contributed by atoms with van der Waals surface area (Å²) in [7, 11) is 1.59. The van der Waals surface area contributed by atoms with Gasteiger partial charge in [0.2, 0.25) is 5.91 Å². The number of hydrogen-bond donors (Lipinski definition) is 2. The second kappa shape index (κ2) is 6.75. The maximum Gasteiger partial charge on any atom is 0.352 e. The number of carboxylic acids is 1. The van der Waals surface area contributed by atoms with Gasteiger partial charge in [-0.1, -0.05) is 6.92 Å². The maximum atomic E-state index is 11.2. The first-order valence-electron chi connectivity index (χ1n) is 6.29. The molecule has 0 bridgehead atoms. The zero-order valence-corrected chi connectivity index (χ0v) is 12.1. The third-order valence-electron chi connectivity index (χ3n) is 2.89. The van der Waals surface area contributed by atoms with E-state index in [0.29, 0.717) is 0 Å². The van der Waals surface area contributed by atoms with Crippen LogP contribution in [0.4, 0.5) is 0 Å². The Morgan fingerprint density at radius 3 is 2.50 bits per heavy atom. The number of carbonyl (C=O) groups excluding carboxylic acids is 1. The fourth-order valence-corrected chi connectivity index (χ4v) is 1.94. The highest BCUT2D eigenvalue weighted by atomic mass is 16.5. The molecule has 1 rings (SSSR count). The van der Waals surface area contributed by atoms with Crippen molar-refractivity contribution in [1.82, 2.24) is 5.32 Å². The van der Waals surface area contributed by atoms with Gasteiger partial charge in [0.1, 0.15) is 11.4 Å². The summed E-state index contributed by atoms with van der Waals surface area (Å²) in [5.41, 5.74) is 2.51. The molecular weight excluding hydrogens is 258 g/mol. The van der Waals surface area contributed by atoms with Crippen molar-refractivity contribution in [3.05, 3.63) is 34.5 Å². The van der Waals surface area contributed by atoms with Crippen molar-refractivity contribution in [3.8, 4) is 5.75 Å². The van der Waals surface area contributed by atoms with Crippen LogP contribution in [0.5, 0.6) is 5.75 Å². The standard InChI is InChI=1S/C15H19NO4/c1-5-11-7-12(20-4)6-9(2)13(11)8-14(15(18)19)16-10(3)17/h6-8H,5H2,1-4H3,(H,16,17)(H,18,19)/b14-8+. The Balaban J connectivity index is 3.36. The van der Waals surface area contributed by atoms with Crippen LogP contribution in [-0.4, -0.2) is 24.1 Å². The van der Waals surface area contributed by atoms with E-state index in [-0.39, 0.29) is 5.70 Å². The second-order valence-electron chi connectivity index (χ2n) is 4.41. The Morgan fingerprint density at radius 1 is 1.40 bits per heavy atom. The molecule has 0 spiro atoms. The lowest BCUT2D eigenvalue weighted by Crippen LogP contribution is -2.24. The number of carbonyl (C=O) groups is 2. The topological polar surface area (TPSA) is 75.6 Å². The molecule has 1 amide bonds. The Hall–Kier alpha value is -2.30. The molecule has 1 aromatic rings. The van der Waals surface area contributed by atoms with E-state index in [4.69, 9.17) is 9.84 Å². The SMILES string of the molecule is CCc1cc(OC)cc(C)c1/C=C(/NC(C)=O)C(=O)O. The first kappa shape index (κ1) is 15.8. The normalized spacial score (nSPS) is 11.1. The second-order valence-corrected chi connectivity index (χ2v) is 4.41. The molecule has 0 saturated heterocycles. The van der Waals surface area contributed by atoms with Gasteiger partial charge in [-0.25, -0.2) is 4.79 Å². The van der Waals surface area contributed by atoms with Gasteiger partial charge in [0, 0.05) is 6.92 Å². The van der Waals surface area contributed by atoms with Crippen LogP contribution in [0.15, 0.2) is 17.8 Å². The Morgan fingerprint density at radius 2 is 2.05 bits per heavy atom. The number of methoxy groups -OCH3 is 1. The van der Waals surface area contributed by atoms with Crippen LogP contribution in [0.3, 0.4) is 0 Å². The molecule has 5 nitrogen and oxygen atoms in total. The van der Waals surface area contributed by atoms with Crippen molar-refractivity contribution >= 4 is 18.0 Å². The van der Waals surface area contributed by atoms with Gasteiger partial charge in [0.05, 0.1) is 7.11 Å². The van der Waals surface area contributed by atoms with E-state index in [9.17, 15) is 9.59 Å². The van der Waals surface area contributed by atoms with Crippen molar-refractivity contribution in [2.45, 2.75) is 27.2 Å². The van der Waals surface area contributed by atoms with Crippen molar-refractivity contribution in [2.75, 3.05) is 7.11 Å².